The van der Waals surface area contributed by atoms with E-state index in [1.807, 2.05) is 37.0 Å². The smallest absolute Gasteiger partial charge is 0.174 e. The number of aromatic nitrogens is 6. The zero-order valence-corrected chi connectivity index (χ0v) is 14.8. The van der Waals surface area contributed by atoms with Gasteiger partial charge in [-0.05, 0) is 31.9 Å². The largest absolute Gasteiger partial charge is 0.349 e. The van der Waals surface area contributed by atoms with E-state index in [2.05, 4.69) is 31.9 Å². The molecule has 0 N–H and O–H groups in total. The highest BCUT2D eigenvalue weighted by Crippen LogP contribution is 2.22. The van der Waals surface area contributed by atoms with Gasteiger partial charge in [-0.3, -0.25) is 4.98 Å². The minimum absolute atomic E-state index is 0.736. The molecule has 128 valence electrons. The highest BCUT2D eigenvalue weighted by Gasteiger charge is 2.20. The van der Waals surface area contributed by atoms with Crippen LogP contribution in [0, 0.1) is 13.8 Å². The van der Waals surface area contributed by atoms with Crippen LogP contribution in [-0.2, 0) is 19.4 Å². The number of rotatable bonds is 3. The van der Waals surface area contributed by atoms with Gasteiger partial charge in [-0.25, -0.2) is 19.6 Å². The van der Waals surface area contributed by atoms with Gasteiger partial charge >= 0.3 is 0 Å². The summed E-state index contributed by atoms with van der Waals surface area (Å²) < 4.78 is 1.83. The van der Waals surface area contributed by atoms with E-state index in [1.165, 1.54) is 5.56 Å². The number of nitrogens with zero attached hydrogens (tertiary/aromatic N) is 7. The quantitative estimate of drug-likeness (QED) is 0.730. The standard InChI is InChI=1S/C18H21N7/c1-4-16-20-8-14-5-6-24(11-15(14)21-16)17-9-19-10-18(22-17)25-13(3)7-12(2)23-25/h7-10H,4-6,11H2,1-3H3. The molecule has 0 saturated carbocycles. The molecular formula is C18H21N7. The molecule has 3 aromatic rings. The molecule has 0 spiro atoms. The molecule has 1 aliphatic heterocycles. The fourth-order valence-electron chi connectivity index (χ4n) is 3.17. The molecule has 3 aromatic heterocycles. The average Bonchev–Trinajstić information content (AvgIpc) is 2.99. The molecule has 0 radical (unpaired) electrons. The van der Waals surface area contributed by atoms with Gasteiger partial charge in [0.2, 0.25) is 0 Å². The van der Waals surface area contributed by atoms with Gasteiger partial charge in [0.1, 0.15) is 11.6 Å². The van der Waals surface area contributed by atoms with Gasteiger partial charge in [0.25, 0.3) is 0 Å². The van der Waals surface area contributed by atoms with Crippen LogP contribution in [0.4, 0.5) is 5.82 Å². The Bertz CT molecular complexity index is 916. The van der Waals surface area contributed by atoms with Crippen LogP contribution in [0.25, 0.3) is 5.82 Å². The van der Waals surface area contributed by atoms with Gasteiger partial charge in [0.15, 0.2) is 5.82 Å². The van der Waals surface area contributed by atoms with E-state index in [4.69, 9.17) is 4.98 Å². The Balaban J connectivity index is 1.64. The van der Waals surface area contributed by atoms with Crippen LogP contribution >= 0.6 is 0 Å². The lowest BCUT2D eigenvalue weighted by Gasteiger charge is -2.28. The molecule has 0 atom stereocenters. The van der Waals surface area contributed by atoms with Crippen LogP contribution in [0.2, 0.25) is 0 Å². The van der Waals surface area contributed by atoms with Crippen molar-refractivity contribution in [3.63, 3.8) is 0 Å². The van der Waals surface area contributed by atoms with Crippen LogP contribution in [0.1, 0.15) is 35.4 Å². The van der Waals surface area contributed by atoms with Crippen molar-refractivity contribution in [1.29, 1.82) is 0 Å². The Labute approximate surface area is 146 Å². The molecule has 25 heavy (non-hydrogen) atoms. The van der Waals surface area contributed by atoms with Crippen molar-refractivity contribution in [2.24, 2.45) is 0 Å². The zero-order valence-electron chi connectivity index (χ0n) is 14.8. The van der Waals surface area contributed by atoms with Gasteiger partial charge in [-0.1, -0.05) is 6.92 Å². The maximum atomic E-state index is 4.78. The SMILES string of the molecule is CCc1ncc2c(n1)CN(c1cncc(-n3nc(C)cc3C)n1)CC2. The number of hydrogen-bond acceptors (Lipinski definition) is 6. The van der Waals surface area contributed by atoms with E-state index >= 15 is 0 Å². The lowest BCUT2D eigenvalue weighted by atomic mass is 10.1. The van der Waals surface area contributed by atoms with Crippen molar-refractivity contribution in [3.8, 4) is 5.82 Å². The van der Waals surface area contributed by atoms with Gasteiger partial charge in [0, 0.05) is 24.9 Å². The van der Waals surface area contributed by atoms with Crippen LogP contribution in [0.15, 0.2) is 24.7 Å². The van der Waals surface area contributed by atoms with Gasteiger partial charge < -0.3 is 4.90 Å². The lowest BCUT2D eigenvalue weighted by Crippen LogP contribution is -2.32. The number of hydrogen-bond donors (Lipinski definition) is 0. The Hall–Kier alpha value is -2.83. The minimum atomic E-state index is 0.736. The third kappa shape index (κ3) is 2.97. The normalized spacial score (nSPS) is 13.8. The number of anilines is 1. The van der Waals surface area contributed by atoms with Crippen molar-refractivity contribution in [3.05, 3.63) is 53.1 Å². The summed E-state index contributed by atoms with van der Waals surface area (Å²) in [7, 11) is 0. The predicted molar refractivity (Wildman–Crippen MR) is 94.8 cm³/mol. The second-order valence-electron chi connectivity index (χ2n) is 6.36. The molecule has 7 nitrogen and oxygen atoms in total. The first-order chi connectivity index (χ1) is 12.1. The second-order valence-corrected chi connectivity index (χ2v) is 6.36. The number of fused-ring (bicyclic) bond motifs is 1. The minimum Gasteiger partial charge on any atom is -0.349 e. The highest BCUT2D eigenvalue weighted by atomic mass is 15.3. The molecule has 0 amide bonds. The van der Waals surface area contributed by atoms with Crippen molar-refractivity contribution in [1.82, 2.24) is 29.7 Å². The molecule has 0 saturated heterocycles. The third-order valence-corrected chi connectivity index (χ3v) is 4.47. The summed E-state index contributed by atoms with van der Waals surface area (Å²) in [6.07, 6.45) is 7.29. The summed E-state index contributed by atoms with van der Waals surface area (Å²) >= 11 is 0. The van der Waals surface area contributed by atoms with Crippen molar-refractivity contribution in [2.45, 2.75) is 40.2 Å². The van der Waals surface area contributed by atoms with Crippen LogP contribution in [-0.4, -0.2) is 36.3 Å². The zero-order chi connectivity index (χ0) is 17.4. The van der Waals surface area contributed by atoms with Crippen molar-refractivity contribution >= 4 is 5.82 Å². The molecule has 7 heteroatoms. The van der Waals surface area contributed by atoms with Crippen LogP contribution < -0.4 is 4.90 Å². The van der Waals surface area contributed by atoms with Crippen molar-refractivity contribution in [2.75, 3.05) is 11.4 Å². The summed E-state index contributed by atoms with van der Waals surface area (Å²) in [5.41, 5.74) is 4.35. The molecule has 0 unspecified atom stereocenters. The molecule has 0 aromatic carbocycles. The Morgan fingerprint density at radius 1 is 1.08 bits per heavy atom. The molecule has 0 bridgehead atoms. The molecule has 4 heterocycles. The van der Waals surface area contributed by atoms with Gasteiger partial charge in [-0.2, -0.15) is 5.10 Å². The molecular weight excluding hydrogens is 314 g/mol. The summed E-state index contributed by atoms with van der Waals surface area (Å²) in [5.74, 6) is 2.49. The monoisotopic (exact) mass is 335 g/mol. The lowest BCUT2D eigenvalue weighted by molar-refractivity contribution is 0.679. The second kappa shape index (κ2) is 6.23. The topological polar surface area (TPSA) is 72.6 Å². The van der Waals surface area contributed by atoms with Crippen LogP contribution in [0.5, 0.6) is 0 Å². The van der Waals surface area contributed by atoms with Crippen LogP contribution in [0.3, 0.4) is 0 Å². The van der Waals surface area contributed by atoms with E-state index in [0.29, 0.717) is 0 Å². The number of aryl methyl sites for hydroxylation is 3. The molecule has 4 rings (SSSR count). The third-order valence-electron chi connectivity index (χ3n) is 4.47. The van der Waals surface area contributed by atoms with E-state index in [9.17, 15) is 0 Å². The first kappa shape index (κ1) is 15.7. The Morgan fingerprint density at radius 2 is 1.92 bits per heavy atom. The Morgan fingerprint density at radius 3 is 2.68 bits per heavy atom. The van der Waals surface area contributed by atoms with E-state index in [-0.39, 0.29) is 0 Å². The van der Waals surface area contributed by atoms with E-state index < -0.39 is 0 Å². The highest BCUT2D eigenvalue weighted by molar-refractivity contribution is 5.43. The fourth-order valence-corrected chi connectivity index (χ4v) is 3.17. The summed E-state index contributed by atoms with van der Waals surface area (Å²) in [6, 6.07) is 2.04. The summed E-state index contributed by atoms with van der Waals surface area (Å²) in [4.78, 5) is 20.5. The summed E-state index contributed by atoms with van der Waals surface area (Å²) in [5, 5.41) is 4.50. The molecule has 0 fully saturated rings. The fraction of sp³-hybridized carbons (Fsp3) is 0.389. The Kier molecular flexibility index (Phi) is 3.91. The predicted octanol–water partition coefficient (Wildman–Crippen LogP) is 2.19. The summed E-state index contributed by atoms with van der Waals surface area (Å²) in [6.45, 7) is 7.70. The maximum absolute atomic E-state index is 4.78. The van der Waals surface area contributed by atoms with E-state index in [1.54, 1.807) is 6.20 Å². The van der Waals surface area contributed by atoms with E-state index in [0.717, 1.165) is 60.5 Å². The first-order valence-corrected chi connectivity index (χ1v) is 8.58. The molecule has 1 aliphatic rings. The average molecular weight is 335 g/mol. The molecule has 0 aliphatic carbocycles. The first-order valence-electron chi connectivity index (χ1n) is 8.58. The van der Waals surface area contributed by atoms with Gasteiger partial charge in [0.05, 0.1) is 30.3 Å². The van der Waals surface area contributed by atoms with Gasteiger partial charge in [-0.15, -0.1) is 0 Å². The van der Waals surface area contributed by atoms with Crippen molar-refractivity contribution < 1.29 is 0 Å². The maximum Gasteiger partial charge on any atom is 0.174 e.